The van der Waals surface area contributed by atoms with Crippen molar-refractivity contribution in [2.45, 2.75) is 39.5 Å². The SMILES string of the molecule is CCC(C)/C=C/CCCCO. The lowest BCUT2D eigenvalue weighted by atomic mass is 10.1. The quantitative estimate of drug-likeness (QED) is 0.463. The van der Waals surface area contributed by atoms with Crippen LogP contribution in [0.25, 0.3) is 0 Å². The number of aliphatic hydroxyl groups is 1. The van der Waals surface area contributed by atoms with Gasteiger partial charge in [-0.1, -0.05) is 32.4 Å². The summed E-state index contributed by atoms with van der Waals surface area (Å²) in [6, 6.07) is 0. The fourth-order valence-electron chi connectivity index (χ4n) is 0.839. The zero-order valence-electron chi connectivity index (χ0n) is 7.71. The Balaban J connectivity index is 3.15. The normalized spacial score (nSPS) is 14.1. The van der Waals surface area contributed by atoms with Gasteiger partial charge >= 0.3 is 0 Å². The van der Waals surface area contributed by atoms with Gasteiger partial charge in [0, 0.05) is 6.61 Å². The van der Waals surface area contributed by atoms with Gasteiger partial charge in [-0.2, -0.15) is 0 Å². The van der Waals surface area contributed by atoms with Crippen LogP contribution in [-0.4, -0.2) is 11.7 Å². The van der Waals surface area contributed by atoms with Crippen LogP contribution >= 0.6 is 0 Å². The molecule has 0 fully saturated rings. The minimum atomic E-state index is 0.331. The predicted octanol–water partition coefficient (Wildman–Crippen LogP) is 2.75. The van der Waals surface area contributed by atoms with Crippen molar-refractivity contribution in [3.63, 3.8) is 0 Å². The molecule has 0 aliphatic rings. The van der Waals surface area contributed by atoms with E-state index < -0.39 is 0 Å². The number of hydrogen-bond acceptors (Lipinski definition) is 1. The maximum Gasteiger partial charge on any atom is 0.0431 e. The van der Waals surface area contributed by atoms with Crippen LogP contribution in [0.15, 0.2) is 12.2 Å². The number of hydrogen-bond donors (Lipinski definition) is 1. The third-order valence-corrected chi connectivity index (χ3v) is 1.89. The molecule has 1 atom stereocenters. The summed E-state index contributed by atoms with van der Waals surface area (Å²) in [7, 11) is 0. The van der Waals surface area contributed by atoms with Gasteiger partial charge in [-0.05, 0) is 25.2 Å². The second kappa shape index (κ2) is 7.80. The maximum atomic E-state index is 8.50. The van der Waals surface area contributed by atoms with Crippen LogP contribution in [0, 0.1) is 5.92 Å². The van der Waals surface area contributed by atoms with Crippen molar-refractivity contribution in [1.29, 1.82) is 0 Å². The van der Waals surface area contributed by atoms with E-state index in [1.165, 1.54) is 6.42 Å². The molecule has 0 bridgehead atoms. The van der Waals surface area contributed by atoms with Gasteiger partial charge in [-0.3, -0.25) is 0 Å². The molecule has 0 aliphatic carbocycles. The first-order valence-electron chi connectivity index (χ1n) is 4.58. The van der Waals surface area contributed by atoms with Gasteiger partial charge < -0.3 is 5.11 Å². The van der Waals surface area contributed by atoms with Gasteiger partial charge in [-0.15, -0.1) is 0 Å². The van der Waals surface area contributed by atoms with E-state index in [9.17, 15) is 0 Å². The lowest BCUT2D eigenvalue weighted by Crippen LogP contribution is -1.85. The van der Waals surface area contributed by atoms with Crippen molar-refractivity contribution in [3.8, 4) is 0 Å². The van der Waals surface area contributed by atoms with Gasteiger partial charge in [-0.25, -0.2) is 0 Å². The summed E-state index contributed by atoms with van der Waals surface area (Å²) in [4.78, 5) is 0. The van der Waals surface area contributed by atoms with Crippen molar-refractivity contribution in [1.82, 2.24) is 0 Å². The summed E-state index contributed by atoms with van der Waals surface area (Å²) in [6.45, 7) is 4.75. The Kier molecular flexibility index (Phi) is 7.59. The van der Waals surface area contributed by atoms with Crippen LogP contribution in [-0.2, 0) is 0 Å². The number of aliphatic hydroxyl groups excluding tert-OH is 1. The van der Waals surface area contributed by atoms with Crippen molar-refractivity contribution < 1.29 is 5.11 Å². The molecule has 0 heterocycles. The van der Waals surface area contributed by atoms with E-state index in [1.54, 1.807) is 0 Å². The summed E-state index contributed by atoms with van der Waals surface area (Å²) in [5, 5.41) is 8.50. The molecule has 0 radical (unpaired) electrons. The molecule has 0 aromatic carbocycles. The Bertz CT molecular complexity index is 97.0. The van der Waals surface area contributed by atoms with Gasteiger partial charge in [0.2, 0.25) is 0 Å². The summed E-state index contributed by atoms with van der Waals surface area (Å²) < 4.78 is 0. The Labute approximate surface area is 70.1 Å². The standard InChI is InChI=1S/C10H20O/c1-3-10(2)8-6-4-5-7-9-11/h6,8,10-11H,3-5,7,9H2,1-2H3/b8-6+. The molecule has 1 N–H and O–H groups in total. The van der Waals surface area contributed by atoms with E-state index in [2.05, 4.69) is 26.0 Å². The first kappa shape index (κ1) is 10.7. The monoisotopic (exact) mass is 156 g/mol. The van der Waals surface area contributed by atoms with Gasteiger partial charge in [0.05, 0.1) is 0 Å². The first-order valence-corrected chi connectivity index (χ1v) is 4.58. The summed E-state index contributed by atoms with van der Waals surface area (Å²) in [6.07, 6.45) is 8.87. The number of rotatable bonds is 6. The molecule has 66 valence electrons. The molecule has 0 saturated carbocycles. The second-order valence-electron chi connectivity index (χ2n) is 3.03. The highest BCUT2D eigenvalue weighted by Crippen LogP contribution is 2.04. The minimum Gasteiger partial charge on any atom is -0.396 e. The van der Waals surface area contributed by atoms with Crippen LogP contribution in [0.2, 0.25) is 0 Å². The zero-order chi connectivity index (χ0) is 8.53. The van der Waals surface area contributed by atoms with Crippen LogP contribution in [0.3, 0.4) is 0 Å². The lowest BCUT2D eigenvalue weighted by Gasteiger charge is -1.98. The van der Waals surface area contributed by atoms with Crippen molar-refractivity contribution >= 4 is 0 Å². The molecule has 0 spiro atoms. The Morgan fingerprint density at radius 2 is 2.09 bits per heavy atom. The molecule has 1 nitrogen and oxygen atoms in total. The molecule has 0 aromatic rings. The molecule has 1 heteroatoms. The van der Waals surface area contributed by atoms with Crippen LogP contribution in [0.1, 0.15) is 39.5 Å². The van der Waals surface area contributed by atoms with Crippen LogP contribution < -0.4 is 0 Å². The topological polar surface area (TPSA) is 20.2 Å². The highest BCUT2D eigenvalue weighted by molar-refractivity contribution is 4.85. The van der Waals surface area contributed by atoms with E-state index in [4.69, 9.17) is 5.11 Å². The van der Waals surface area contributed by atoms with Crippen molar-refractivity contribution in [2.75, 3.05) is 6.61 Å². The van der Waals surface area contributed by atoms with E-state index in [0.717, 1.165) is 19.3 Å². The third-order valence-electron chi connectivity index (χ3n) is 1.89. The Hall–Kier alpha value is -0.300. The fourth-order valence-corrected chi connectivity index (χ4v) is 0.839. The molecule has 11 heavy (non-hydrogen) atoms. The molecule has 0 saturated heterocycles. The smallest absolute Gasteiger partial charge is 0.0431 e. The summed E-state index contributed by atoms with van der Waals surface area (Å²) in [5.74, 6) is 0.712. The van der Waals surface area contributed by atoms with E-state index in [0.29, 0.717) is 12.5 Å². The summed E-state index contributed by atoms with van der Waals surface area (Å²) in [5.41, 5.74) is 0. The van der Waals surface area contributed by atoms with Gasteiger partial charge in [0.25, 0.3) is 0 Å². The third kappa shape index (κ3) is 7.60. The molecular formula is C10H20O. The highest BCUT2D eigenvalue weighted by Gasteiger charge is 1.89. The minimum absolute atomic E-state index is 0.331. The Morgan fingerprint density at radius 3 is 2.64 bits per heavy atom. The van der Waals surface area contributed by atoms with Crippen molar-refractivity contribution in [2.24, 2.45) is 5.92 Å². The average Bonchev–Trinajstić information content (AvgIpc) is 2.04. The molecule has 0 rings (SSSR count). The fraction of sp³-hybridized carbons (Fsp3) is 0.800. The molecule has 0 aliphatic heterocycles. The predicted molar refractivity (Wildman–Crippen MR) is 49.5 cm³/mol. The van der Waals surface area contributed by atoms with Gasteiger partial charge in [0.1, 0.15) is 0 Å². The van der Waals surface area contributed by atoms with E-state index in [1.807, 2.05) is 0 Å². The van der Waals surface area contributed by atoms with E-state index >= 15 is 0 Å². The largest absolute Gasteiger partial charge is 0.396 e. The lowest BCUT2D eigenvalue weighted by molar-refractivity contribution is 0.285. The second-order valence-corrected chi connectivity index (χ2v) is 3.03. The average molecular weight is 156 g/mol. The molecule has 0 aromatic heterocycles. The van der Waals surface area contributed by atoms with E-state index in [-0.39, 0.29) is 0 Å². The zero-order valence-corrected chi connectivity index (χ0v) is 7.71. The maximum absolute atomic E-state index is 8.50. The van der Waals surface area contributed by atoms with Crippen LogP contribution in [0.5, 0.6) is 0 Å². The molecular weight excluding hydrogens is 136 g/mol. The number of unbranched alkanes of at least 4 members (excludes halogenated alkanes) is 2. The highest BCUT2D eigenvalue weighted by atomic mass is 16.2. The summed E-state index contributed by atoms with van der Waals surface area (Å²) >= 11 is 0. The Morgan fingerprint density at radius 1 is 1.36 bits per heavy atom. The first-order chi connectivity index (χ1) is 5.31. The van der Waals surface area contributed by atoms with Crippen LogP contribution in [0.4, 0.5) is 0 Å². The van der Waals surface area contributed by atoms with Crippen molar-refractivity contribution in [3.05, 3.63) is 12.2 Å². The number of allylic oxidation sites excluding steroid dienone is 2. The van der Waals surface area contributed by atoms with Gasteiger partial charge in [0.15, 0.2) is 0 Å². The molecule has 0 amide bonds. The molecule has 1 unspecified atom stereocenters.